The average molecular weight is 224 g/mol. The topological polar surface area (TPSA) is 15.3 Å². The van der Waals surface area contributed by atoms with Gasteiger partial charge in [0.15, 0.2) is 0 Å². The molecule has 1 saturated carbocycles. The molecule has 2 rings (SSSR count). The zero-order valence-corrected chi connectivity index (χ0v) is 11.3. The normalized spacial score (nSPS) is 35.4. The first-order chi connectivity index (χ1) is 7.57. The van der Waals surface area contributed by atoms with Crippen LogP contribution in [0.15, 0.2) is 0 Å². The molecular weight excluding hydrogens is 196 g/mol. The lowest BCUT2D eigenvalue weighted by Crippen LogP contribution is -2.43. The van der Waals surface area contributed by atoms with Crippen LogP contribution in [0, 0.1) is 5.41 Å². The third kappa shape index (κ3) is 3.21. The lowest BCUT2D eigenvalue weighted by atomic mass is 9.75. The highest BCUT2D eigenvalue weighted by molar-refractivity contribution is 4.86. The summed E-state index contributed by atoms with van der Waals surface area (Å²) >= 11 is 0. The van der Waals surface area contributed by atoms with Crippen LogP contribution in [0.5, 0.6) is 0 Å². The molecule has 1 aliphatic heterocycles. The fourth-order valence-corrected chi connectivity index (χ4v) is 3.41. The molecule has 0 radical (unpaired) electrons. The van der Waals surface area contributed by atoms with E-state index in [1.807, 2.05) is 0 Å². The highest BCUT2D eigenvalue weighted by atomic mass is 15.2. The number of likely N-dealkylation sites (N-methyl/N-ethyl adjacent to an activating group) is 1. The summed E-state index contributed by atoms with van der Waals surface area (Å²) in [6.45, 7) is 7.34. The molecule has 2 atom stereocenters. The summed E-state index contributed by atoms with van der Waals surface area (Å²) in [5, 5.41) is 3.81. The van der Waals surface area contributed by atoms with E-state index in [2.05, 4.69) is 31.1 Å². The summed E-state index contributed by atoms with van der Waals surface area (Å²) in [4.78, 5) is 2.51. The molecule has 0 aromatic rings. The van der Waals surface area contributed by atoms with Crippen molar-refractivity contribution in [1.82, 2.24) is 10.2 Å². The van der Waals surface area contributed by atoms with Gasteiger partial charge in [-0.25, -0.2) is 0 Å². The molecule has 2 unspecified atom stereocenters. The van der Waals surface area contributed by atoms with Gasteiger partial charge in [0.25, 0.3) is 0 Å². The Labute approximate surface area is 101 Å². The van der Waals surface area contributed by atoms with Crippen LogP contribution in [0.3, 0.4) is 0 Å². The molecule has 2 aliphatic rings. The fraction of sp³-hybridized carbons (Fsp3) is 1.00. The minimum absolute atomic E-state index is 0.567. The van der Waals surface area contributed by atoms with E-state index < -0.39 is 0 Å². The quantitative estimate of drug-likeness (QED) is 0.793. The first-order valence-electron chi connectivity index (χ1n) is 7.00. The van der Waals surface area contributed by atoms with Crippen molar-refractivity contribution in [2.45, 2.75) is 64.5 Å². The van der Waals surface area contributed by atoms with Crippen LogP contribution in [0.1, 0.15) is 52.4 Å². The average Bonchev–Trinajstić information content (AvgIpc) is 2.60. The summed E-state index contributed by atoms with van der Waals surface area (Å²) in [7, 11) is 2.27. The summed E-state index contributed by atoms with van der Waals surface area (Å²) in [6, 6.07) is 1.57. The molecule has 2 fully saturated rings. The third-order valence-corrected chi connectivity index (χ3v) is 4.52. The molecule has 1 saturated heterocycles. The number of rotatable bonds is 3. The smallest absolute Gasteiger partial charge is 0.0218 e. The monoisotopic (exact) mass is 224 g/mol. The van der Waals surface area contributed by atoms with Crippen molar-refractivity contribution in [3.8, 4) is 0 Å². The molecule has 1 heterocycles. The van der Waals surface area contributed by atoms with Crippen LogP contribution in [0.4, 0.5) is 0 Å². The van der Waals surface area contributed by atoms with E-state index >= 15 is 0 Å². The Balaban J connectivity index is 1.73. The highest BCUT2D eigenvalue weighted by Gasteiger charge is 2.28. The van der Waals surface area contributed by atoms with Crippen LogP contribution in [-0.4, -0.2) is 37.1 Å². The fourth-order valence-electron chi connectivity index (χ4n) is 3.41. The molecule has 16 heavy (non-hydrogen) atoms. The lowest BCUT2D eigenvalue weighted by Gasteiger charge is -2.36. The standard InChI is InChI=1S/C14H28N2/c1-14(2)8-4-6-12(10-14)15-11-13-7-5-9-16(13)3/h12-13,15H,4-11H2,1-3H3. The van der Waals surface area contributed by atoms with Crippen molar-refractivity contribution in [2.75, 3.05) is 20.1 Å². The molecule has 0 spiro atoms. The Hall–Kier alpha value is -0.0800. The maximum Gasteiger partial charge on any atom is 0.0218 e. The van der Waals surface area contributed by atoms with Crippen LogP contribution < -0.4 is 5.32 Å². The van der Waals surface area contributed by atoms with Gasteiger partial charge in [-0.3, -0.25) is 0 Å². The van der Waals surface area contributed by atoms with Crippen molar-refractivity contribution in [3.05, 3.63) is 0 Å². The molecule has 1 N–H and O–H groups in total. The van der Waals surface area contributed by atoms with E-state index in [1.54, 1.807) is 0 Å². The second-order valence-corrected chi connectivity index (χ2v) is 6.64. The second kappa shape index (κ2) is 5.05. The summed E-state index contributed by atoms with van der Waals surface area (Å²) in [6.07, 6.45) is 8.35. The van der Waals surface area contributed by atoms with Crippen molar-refractivity contribution < 1.29 is 0 Å². The molecule has 0 aromatic carbocycles. The number of hydrogen-bond acceptors (Lipinski definition) is 2. The van der Waals surface area contributed by atoms with Gasteiger partial charge >= 0.3 is 0 Å². The number of nitrogens with one attached hydrogen (secondary N) is 1. The van der Waals surface area contributed by atoms with Gasteiger partial charge in [0, 0.05) is 18.6 Å². The van der Waals surface area contributed by atoms with Crippen molar-refractivity contribution in [2.24, 2.45) is 5.41 Å². The Kier molecular flexibility index (Phi) is 3.91. The predicted octanol–water partition coefficient (Wildman–Crippen LogP) is 2.64. The maximum atomic E-state index is 3.81. The van der Waals surface area contributed by atoms with Gasteiger partial charge in [-0.1, -0.05) is 20.3 Å². The van der Waals surface area contributed by atoms with E-state index in [4.69, 9.17) is 0 Å². The van der Waals surface area contributed by atoms with Crippen LogP contribution in [0.2, 0.25) is 0 Å². The second-order valence-electron chi connectivity index (χ2n) is 6.64. The minimum atomic E-state index is 0.567. The molecule has 94 valence electrons. The number of nitrogens with zero attached hydrogens (tertiary/aromatic N) is 1. The van der Waals surface area contributed by atoms with Crippen molar-refractivity contribution in [1.29, 1.82) is 0 Å². The molecule has 0 amide bonds. The van der Waals surface area contributed by atoms with Gasteiger partial charge in [0.05, 0.1) is 0 Å². The van der Waals surface area contributed by atoms with Crippen LogP contribution in [-0.2, 0) is 0 Å². The molecule has 2 heteroatoms. The Morgan fingerprint density at radius 3 is 2.69 bits per heavy atom. The van der Waals surface area contributed by atoms with E-state index in [1.165, 1.54) is 51.6 Å². The summed E-state index contributed by atoms with van der Waals surface area (Å²) in [5.41, 5.74) is 0.567. The summed E-state index contributed by atoms with van der Waals surface area (Å²) in [5.74, 6) is 0. The lowest BCUT2D eigenvalue weighted by molar-refractivity contribution is 0.188. The van der Waals surface area contributed by atoms with Crippen molar-refractivity contribution in [3.63, 3.8) is 0 Å². The SMILES string of the molecule is CN1CCCC1CNC1CCCC(C)(C)C1. The van der Waals surface area contributed by atoms with Gasteiger partial charge in [-0.05, 0) is 51.1 Å². The predicted molar refractivity (Wildman–Crippen MR) is 69.7 cm³/mol. The van der Waals surface area contributed by atoms with E-state index in [9.17, 15) is 0 Å². The zero-order valence-electron chi connectivity index (χ0n) is 11.3. The Morgan fingerprint density at radius 1 is 1.25 bits per heavy atom. The third-order valence-electron chi connectivity index (χ3n) is 4.52. The molecule has 0 aromatic heterocycles. The summed E-state index contributed by atoms with van der Waals surface area (Å²) < 4.78 is 0. The van der Waals surface area contributed by atoms with Crippen molar-refractivity contribution >= 4 is 0 Å². The van der Waals surface area contributed by atoms with Gasteiger partial charge in [-0.2, -0.15) is 0 Å². The number of hydrogen-bond donors (Lipinski definition) is 1. The Morgan fingerprint density at radius 2 is 2.06 bits per heavy atom. The largest absolute Gasteiger partial charge is 0.312 e. The first-order valence-corrected chi connectivity index (χ1v) is 7.00. The first kappa shape index (κ1) is 12.4. The van der Waals surface area contributed by atoms with Gasteiger partial charge in [0.1, 0.15) is 0 Å². The Bertz CT molecular complexity index is 225. The molecule has 2 nitrogen and oxygen atoms in total. The van der Waals surface area contributed by atoms with Crippen LogP contribution in [0.25, 0.3) is 0 Å². The van der Waals surface area contributed by atoms with Crippen LogP contribution >= 0.6 is 0 Å². The van der Waals surface area contributed by atoms with E-state index in [-0.39, 0.29) is 0 Å². The minimum Gasteiger partial charge on any atom is -0.312 e. The maximum absolute atomic E-state index is 3.81. The molecular formula is C14H28N2. The molecule has 0 bridgehead atoms. The van der Waals surface area contributed by atoms with E-state index in [0.29, 0.717) is 5.41 Å². The highest BCUT2D eigenvalue weighted by Crippen LogP contribution is 2.35. The zero-order chi connectivity index (χ0) is 11.6. The van der Waals surface area contributed by atoms with Gasteiger partial charge in [-0.15, -0.1) is 0 Å². The van der Waals surface area contributed by atoms with E-state index in [0.717, 1.165) is 12.1 Å². The molecule has 1 aliphatic carbocycles. The van der Waals surface area contributed by atoms with Gasteiger partial charge in [0.2, 0.25) is 0 Å². The van der Waals surface area contributed by atoms with Gasteiger partial charge < -0.3 is 10.2 Å². The number of likely N-dealkylation sites (tertiary alicyclic amines) is 1.